The van der Waals surface area contributed by atoms with Crippen molar-refractivity contribution in [3.63, 3.8) is 0 Å². The largest absolute Gasteiger partial charge is 0.481 e. The highest BCUT2D eigenvalue weighted by atomic mass is 35.5. The summed E-state index contributed by atoms with van der Waals surface area (Å²) in [7, 11) is 1.72. The molecule has 0 aliphatic heterocycles. The monoisotopic (exact) mass is 255 g/mol. The van der Waals surface area contributed by atoms with Gasteiger partial charge in [-0.05, 0) is 31.3 Å². The summed E-state index contributed by atoms with van der Waals surface area (Å²) in [5.41, 5.74) is 0.580. The predicted octanol–water partition coefficient (Wildman–Crippen LogP) is 1.93. The van der Waals surface area contributed by atoms with Gasteiger partial charge in [-0.2, -0.15) is 0 Å². The number of rotatable bonds is 6. The molecule has 0 bridgehead atoms. The van der Waals surface area contributed by atoms with Crippen LogP contribution in [0.25, 0.3) is 0 Å². The SMILES string of the molecule is CN(CCC(=O)O)CC(=O)c1ccc(Cl)cc1. The van der Waals surface area contributed by atoms with Gasteiger partial charge in [0, 0.05) is 17.1 Å². The van der Waals surface area contributed by atoms with E-state index in [2.05, 4.69) is 0 Å². The number of Topliss-reactive ketones (excluding diaryl/α,β-unsaturated/α-hetero) is 1. The minimum absolute atomic E-state index is 0.0321. The second-order valence-electron chi connectivity index (χ2n) is 3.81. The van der Waals surface area contributed by atoms with Crippen LogP contribution in [0.5, 0.6) is 0 Å². The molecule has 0 aliphatic rings. The molecule has 1 aromatic rings. The normalized spacial score (nSPS) is 10.5. The van der Waals surface area contributed by atoms with E-state index in [9.17, 15) is 9.59 Å². The van der Waals surface area contributed by atoms with Crippen LogP contribution in [-0.4, -0.2) is 41.9 Å². The lowest BCUT2D eigenvalue weighted by atomic mass is 10.1. The second-order valence-corrected chi connectivity index (χ2v) is 4.25. The number of carbonyl (C=O) groups excluding carboxylic acids is 1. The van der Waals surface area contributed by atoms with E-state index < -0.39 is 5.97 Å². The average molecular weight is 256 g/mol. The van der Waals surface area contributed by atoms with Gasteiger partial charge >= 0.3 is 5.97 Å². The molecule has 0 spiro atoms. The third-order valence-electron chi connectivity index (χ3n) is 2.29. The zero-order valence-electron chi connectivity index (χ0n) is 9.52. The third-order valence-corrected chi connectivity index (χ3v) is 2.54. The van der Waals surface area contributed by atoms with Crippen LogP contribution in [0.15, 0.2) is 24.3 Å². The van der Waals surface area contributed by atoms with Crippen molar-refractivity contribution >= 4 is 23.4 Å². The topological polar surface area (TPSA) is 57.6 Å². The van der Waals surface area contributed by atoms with Crippen molar-refractivity contribution in [2.75, 3.05) is 20.1 Å². The molecule has 0 heterocycles. The Kier molecular flexibility index (Phi) is 5.12. The number of nitrogens with zero attached hydrogens (tertiary/aromatic N) is 1. The highest BCUT2D eigenvalue weighted by Gasteiger charge is 2.10. The molecular weight excluding hydrogens is 242 g/mol. The maximum absolute atomic E-state index is 11.8. The maximum Gasteiger partial charge on any atom is 0.304 e. The van der Waals surface area contributed by atoms with Crippen molar-refractivity contribution in [2.24, 2.45) is 0 Å². The first-order valence-corrected chi connectivity index (χ1v) is 5.56. The number of hydrogen-bond donors (Lipinski definition) is 1. The number of halogens is 1. The Balaban J connectivity index is 2.48. The summed E-state index contributed by atoms with van der Waals surface area (Å²) in [5, 5.41) is 9.10. The van der Waals surface area contributed by atoms with Crippen LogP contribution < -0.4 is 0 Å². The summed E-state index contributed by atoms with van der Waals surface area (Å²) in [6.07, 6.45) is 0.0321. The number of carboxylic acid groups (broad SMARTS) is 1. The Bertz CT molecular complexity index is 403. The fourth-order valence-electron chi connectivity index (χ4n) is 1.34. The van der Waals surface area contributed by atoms with Crippen LogP contribution in [0.4, 0.5) is 0 Å². The zero-order valence-corrected chi connectivity index (χ0v) is 10.3. The summed E-state index contributed by atoms with van der Waals surface area (Å²) >= 11 is 5.72. The van der Waals surface area contributed by atoms with E-state index >= 15 is 0 Å². The van der Waals surface area contributed by atoms with Crippen molar-refractivity contribution in [3.05, 3.63) is 34.9 Å². The smallest absolute Gasteiger partial charge is 0.304 e. The maximum atomic E-state index is 11.8. The number of carbonyl (C=O) groups is 2. The van der Waals surface area contributed by atoms with Crippen LogP contribution in [0.1, 0.15) is 16.8 Å². The number of carboxylic acids is 1. The minimum atomic E-state index is -0.865. The predicted molar refractivity (Wildman–Crippen MR) is 65.5 cm³/mol. The fourth-order valence-corrected chi connectivity index (χ4v) is 1.46. The molecule has 1 N–H and O–H groups in total. The van der Waals surface area contributed by atoms with Crippen LogP contribution >= 0.6 is 11.6 Å². The first kappa shape index (κ1) is 13.7. The van der Waals surface area contributed by atoms with Gasteiger partial charge in [0.2, 0.25) is 0 Å². The van der Waals surface area contributed by atoms with Crippen molar-refractivity contribution in [2.45, 2.75) is 6.42 Å². The highest BCUT2D eigenvalue weighted by molar-refractivity contribution is 6.30. The second kappa shape index (κ2) is 6.37. The fraction of sp³-hybridized carbons (Fsp3) is 0.333. The molecule has 4 nitrogen and oxygen atoms in total. The first-order chi connectivity index (χ1) is 7.99. The van der Waals surface area contributed by atoms with Gasteiger partial charge in [-0.1, -0.05) is 11.6 Å². The molecule has 17 heavy (non-hydrogen) atoms. The van der Waals surface area contributed by atoms with Crippen molar-refractivity contribution in [3.8, 4) is 0 Å². The van der Waals surface area contributed by atoms with E-state index in [0.717, 1.165) is 0 Å². The van der Waals surface area contributed by atoms with Gasteiger partial charge in [0.25, 0.3) is 0 Å². The molecule has 0 unspecified atom stereocenters. The lowest BCUT2D eigenvalue weighted by Gasteiger charge is -2.14. The molecule has 0 aliphatic carbocycles. The van der Waals surface area contributed by atoms with Gasteiger partial charge in [0.1, 0.15) is 0 Å². The molecule has 0 atom stereocenters. The van der Waals surface area contributed by atoms with Crippen molar-refractivity contribution in [1.82, 2.24) is 4.90 Å². The number of hydrogen-bond acceptors (Lipinski definition) is 3. The number of aliphatic carboxylic acids is 1. The standard InChI is InChI=1S/C12H14ClNO3/c1-14(7-6-12(16)17)8-11(15)9-2-4-10(13)5-3-9/h2-5H,6-8H2,1H3,(H,16,17). The lowest BCUT2D eigenvalue weighted by molar-refractivity contribution is -0.137. The molecule has 0 radical (unpaired) electrons. The quantitative estimate of drug-likeness (QED) is 0.789. The zero-order chi connectivity index (χ0) is 12.8. The minimum Gasteiger partial charge on any atom is -0.481 e. The first-order valence-electron chi connectivity index (χ1n) is 5.18. The Morgan fingerprint density at radius 2 is 1.88 bits per heavy atom. The van der Waals surface area contributed by atoms with Gasteiger partial charge in [-0.15, -0.1) is 0 Å². The third kappa shape index (κ3) is 4.97. The number of likely N-dealkylation sites (N-methyl/N-ethyl adjacent to an activating group) is 1. The molecule has 1 rings (SSSR count). The Labute approximate surface area is 105 Å². The highest BCUT2D eigenvalue weighted by Crippen LogP contribution is 2.10. The van der Waals surface area contributed by atoms with Crippen LogP contribution in [0.2, 0.25) is 5.02 Å². The molecule has 0 aromatic heterocycles. The van der Waals surface area contributed by atoms with Crippen molar-refractivity contribution in [1.29, 1.82) is 0 Å². The van der Waals surface area contributed by atoms with E-state index in [-0.39, 0.29) is 18.7 Å². The average Bonchev–Trinajstić information content (AvgIpc) is 2.27. The van der Waals surface area contributed by atoms with E-state index in [1.54, 1.807) is 36.2 Å². The molecule has 0 saturated heterocycles. The molecule has 0 fully saturated rings. The van der Waals surface area contributed by atoms with E-state index in [0.29, 0.717) is 17.1 Å². The molecule has 0 saturated carbocycles. The number of ketones is 1. The Morgan fingerprint density at radius 1 is 1.29 bits per heavy atom. The summed E-state index contributed by atoms with van der Waals surface area (Å²) < 4.78 is 0. The Morgan fingerprint density at radius 3 is 2.41 bits per heavy atom. The summed E-state index contributed by atoms with van der Waals surface area (Å²) in [5.74, 6) is -0.912. The van der Waals surface area contributed by atoms with E-state index in [1.807, 2.05) is 0 Å². The van der Waals surface area contributed by atoms with E-state index in [4.69, 9.17) is 16.7 Å². The van der Waals surface area contributed by atoms with Gasteiger partial charge in [-0.25, -0.2) is 0 Å². The molecule has 92 valence electrons. The molecule has 5 heteroatoms. The van der Waals surface area contributed by atoms with Gasteiger partial charge in [0.15, 0.2) is 5.78 Å². The van der Waals surface area contributed by atoms with Gasteiger partial charge < -0.3 is 5.11 Å². The lowest BCUT2D eigenvalue weighted by Crippen LogP contribution is -2.28. The molecule has 1 aromatic carbocycles. The van der Waals surface area contributed by atoms with Crippen LogP contribution in [-0.2, 0) is 4.79 Å². The molecular formula is C12H14ClNO3. The molecule has 0 amide bonds. The van der Waals surface area contributed by atoms with Crippen LogP contribution in [0, 0.1) is 0 Å². The van der Waals surface area contributed by atoms with Crippen molar-refractivity contribution < 1.29 is 14.7 Å². The summed E-state index contributed by atoms with van der Waals surface area (Å²) in [4.78, 5) is 23.8. The summed E-state index contributed by atoms with van der Waals surface area (Å²) in [6, 6.07) is 6.64. The van der Waals surface area contributed by atoms with Gasteiger partial charge in [-0.3, -0.25) is 14.5 Å². The van der Waals surface area contributed by atoms with E-state index in [1.165, 1.54) is 0 Å². The van der Waals surface area contributed by atoms with Crippen LogP contribution in [0.3, 0.4) is 0 Å². The Hall–Kier alpha value is -1.39. The summed E-state index contributed by atoms with van der Waals surface area (Å²) in [6.45, 7) is 0.559. The van der Waals surface area contributed by atoms with Gasteiger partial charge in [0.05, 0.1) is 13.0 Å². The number of benzene rings is 1.